The van der Waals surface area contributed by atoms with Crippen molar-refractivity contribution in [2.75, 3.05) is 7.11 Å². The summed E-state index contributed by atoms with van der Waals surface area (Å²) in [6, 6.07) is 12.3. The zero-order valence-electron chi connectivity index (χ0n) is 12.3. The van der Waals surface area contributed by atoms with Gasteiger partial charge in [0.2, 0.25) is 5.78 Å². The number of methoxy groups -OCH3 is 1. The quantitative estimate of drug-likeness (QED) is 0.679. The van der Waals surface area contributed by atoms with Crippen LogP contribution >= 0.6 is 0 Å². The number of benzene rings is 2. The van der Waals surface area contributed by atoms with Crippen LogP contribution in [0.5, 0.6) is 11.5 Å². The van der Waals surface area contributed by atoms with Crippen molar-refractivity contribution in [3.05, 3.63) is 59.7 Å². The Morgan fingerprint density at radius 1 is 1.05 bits per heavy atom. The Kier molecular flexibility index (Phi) is 4.78. The molecular formula is C17H16O5. The normalized spacial score (nSPS) is 11.5. The zero-order chi connectivity index (χ0) is 16.1. The third-order valence-electron chi connectivity index (χ3n) is 3.11. The number of carbonyl (C=O) groups is 2. The fraction of sp³-hybridized carbons (Fsp3) is 0.176. The molecule has 2 aromatic rings. The minimum atomic E-state index is -0.928. The van der Waals surface area contributed by atoms with Crippen LogP contribution in [-0.2, 0) is 4.74 Å². The number of rotatable bonds is 5. The number of ketones is 1. The van der Waals surface area contributed by atoms with Crippen molar-refractivity contribution in [1.29, 1.82) is 0 Å². The minimum absolute atomic E-state index is 0.0383. The summed E-state index contributed by atoms with van der Waals surface area (Å²) in [6.07, 6.45) is -0.928. The Morgan fingerprint density at radius 2 is 1.73 bits per heavy atom. The zero-order valence-corrected chi connectivity index (χ0v) is 12.3. The number of esters is 1. The maximum atomic E-state index is 12.2. The summed E-state index contributed by atoms with van der Waals surface area (Å²) >= 11 is 0. The maximum Gasteiger partial charge on any atom is 0.338 e. The number of ether oxygens (including phenoxy) is 2. The summed E-state index contributed by atoms with van der Waals surface area (Å²) in [7, 11) is 1.54. The smallest absolute Gasteiger partial charge is 0.338 e. The number of phenolic OH excluding ortho intramolecular Hbond substituents is 1. The number of carbonyl (C=O) groups excluding carboxylic acids is 2. The largest absolute Gasteiger partial charge is 0.508 e. The van der Waals surface area contributed by atoms with E-state index in [4.69, 9.17) is 9.47 Å². The number of aromatic hydroxyl groups is 1. The highest BCUT2D eigenvalue weighted by atomic mass is 16.5. The first kappa shape index (κ1) is 15.6. The van der Waals surface area contributed by atoms with Gasteiger partial charge in [0.25, 0.3) is 0 Å². The van der Waals surface area contributed by atoms with E-state index in [2.05, 4.69) is 0 Å². The lowest BCUT2D eigenvalue weighted by Gasteiger charge is -2.12. The van der Waals surface area contributed by atoms with Gasteiger partial charge in [0.1, 0.15) is 11.5 Å². The highest BCUT2D eigenvalue weighted by molar-refractivity contribution is 6.01. The number of hydrogen-bond acceptors (Lipinski definition) is 5. The second kappa shape index (κ2) is 6.76. The molecule has 0 saturated carbocycles. The first-order chi connectivity index (χ1) is 10.5. The molecule has 0 heterocycles. The second-order valence-electron chi connectivity index (χ2n) is 4.69. The Morgan fingerprint density at radius 3 is 2.32 bits per heavy atom. The van der Waals surface area contributed by atoms with E-state index in [1.165, 1.54) is 38.3 Å². The van der Waals surface area contributed by atoms with Crippen LogP contribution in [-0.4, -0.2) is 30.1 Å². The summed E-state index contributed by atoms with van der Waals surface area (Å²) in [5.74, 6) is -0.369. The van der Waals surface area contributed by atoms with Gasteiger partial charge in [0, 0.05) is 5.56 Å². The van der Waals surface area contributed by atoms with Crippen LogP contribution in [0.1, 0.15) is 27.6 Å². The van der Waals surface area contributed by atoms with Crippen molar-refractivity contribution < 1.29 is 24.2 Å². The molecule has 1 atom stereocenters. The van der Waals surface area contributed by atoms with Gasteiger partial charge in [-0.25, -0.2) is 4.79 Å². The highest BCUT2D eigenvalue weighted by Crippen LogP contribution is 2.16. The standard InChI is InChI=1S/C17H16O5/c1-11(16(19)12-6-8-15(21-2)9-7-12)22-17(20)13-4-3-5-14(18)10-13/h3-11,18H,1-2H3. The summed E-state index contributed by atoms with van der Waals surface area (Å²) in [5.41, 5.74) is 0.617. The van der Waals surface area contributed by atoms with Crippen molar-refractivity contribution in [2.24, 2.45) is 0 Å². The third kappa shape index (κ3) is 3.63. The Labute approximate surface area is 128 Å². The van der Waals surface area contributed by atoms with Crippen LogP contribution < -0.4 is 4.74 Å². The molecule has 0 aliphatic carbocycles. The van der Waals surface area contributed by atoms with E-state index < -0.39 is 12.1 Å². The van der Waals surface area contributed by atoms with Gasteiger partial charge in [-0.1, -0.05) is 6.07 Å². The fourth-order valence-corrected chi connectivity index (χ4v) is 1.90. The van der Waals surface area contributed by atoms with E-state index in [0.717, 1.165) is 0 Å². The molecule has 0 fully saturated rings. The third-order valence-corrected chi connectivity index (χ3v) is 3.11. The number of hydrogen-bond donors (Lipinski definition) is 1. The van der Waals surface area contributed by atoms with E-state index in [1.54, 1.807) is 24.3 Å². The average Bonchev–Trinajstić information content (AvgIpc) is 2.54. The maximum absolute atomic E-state index is 12.2. The molecule has 2 aromatic carbocycles. The predicted octanol–water partition coefficient (Wildman–Crippen LogP) is 2.83. The van der Waals surface area contributed by atoms with Crippen LogP contribution in [0.15, 0.2) is 48.5 Å². The van der Waals surface area contributed by atoms with Crippen LogP contribution in [0.2, 0.25) is 0 Å². The monoisotopic (exact) mass is 300 g/mol. The van der Waals surface area contributed by atoms with Crippen molar-refractivity contribution in [2.45, 2.75) is 13.0 Å². The fourth-order valence-electron chi connectivity index (χ4n) is 1.90. The van der Waals surface area contributed by atoms with Gasteiger partial charge in [0.05, 0.1) is 12.7 Å². The molecule has 2 rings (SSSR count). The molecule has 0 aliphatic heterocycles. The van der Waals surface area contributed by atoms with Crippen LogP contribution in [0.3, 0.4) is 0 Å². The lowest BCUT2D eigenvalue weighted by molar-refractivity contribution is 0.0318. The van der Waals surface area contributed by atoms with Crippen molar-refractivity contribution >= 4 is 11.8 Å². The molecule has 0 saturated heterocycles. The Bertz CT molecular complexity index is 676. The molecular weight excluding hydrogens is 284 g/mol. The first-order valence-electron chi connectivity index (χ1n) is 6.69. The number of Topliss-reactive ketones (excluding diaryl/α,β-unsaturated/α-hetero) is 1. The lowest BCUT2D eigenvalue weighted by Crippen LogP contribution is -2.24. The highest BCUT2D eigenvalue weighted by Gasteiger charge is 2.20. The van der Waals surface area contributed by atoms with Crippen LogP contribution in [0.25, 0.3) is 0 Å². The van der Waals surface area contributed by atoms with Gasteiger partial charge in [0.15, 0.2) is 6.10 Å². The molecule has 1 unspecified atom stereocenters. The molecule has 114 valence electrons. The van der Waals surface area contributed by atoms with Gasteiger partial charge >= 0.3 is 5.97 Å². The van der Waals surface area contributed by atoms with Crippen LogP contribution in [0, 0.1) is 0 Å². The van der Waals surface area contributed by atoms with Gasteiger partial charge < -0.3 is 14.6 Å². The summed E-state index contributed by atoms with van der Waals surface area (Å²) in [5, 5.41) is 9.35. The summed E-state index contributed by atoms with van der Waals surface area (Å²) in [6.45, 7) is 1.51. The van der Waals surface area contributed by atoms with E-state index in [1.807, 2.05) is 0 Å². The van der Waals surface area contributed by atoms with Crippen molar-refractivity contribution in [3.8, 4) is 11.5 Å². The summed E-state index contributed by atoms with van der Waals surface area (Å²) < 4.78 is 10.2. The average molecular weight is 300 g/mol. The van der Waals surface area contributed by atoms with E-state index in [9.17, 15) is 14.7 Å². The predicted molar refractivity (Wildman–Crippen MR) is 80.3 cm³/mol. The second-order valence-corrected chi connectivity index (χ2v) is 4.69. The molecule has 22 heavy (non-hydrogen) atoms. The molecule has 0 bridgehead atoms. The first-order valence-corrected chi connectivity index (χ1v) is 6.69. The van der Waals surface area contributed by atoms with E-state index in [-0.39, 0.29) is 17.1 Å². The molecule has 0 aromatic heterocycles. The number of phenols is 1. The Balaban J connectivity index is 2.05. The lowest BCUT2D eigenvalue weighted by atomic mass is 10.1. The van der Waals surface area contributed by atoms with Gasteiger partial charge in [-0.05, 0) is 49.4 Å². The van der Waals surface area contributed by atoms with Gasteiger partial charge in [-0.15, -0.1) is 0 Å². The topological polar surface area (TPSA) is 72.8 Å². The SMILES string of the molecule is COc1ccc(C(=O)C(C)OC(=O)c2cccc(O)c2)cc1. The molecule has 0 radical (unpaired) electrons. The van der Waals surface area contributed by atoms with Gasteiger partial charge in [-0.3, -0.25) is 4.79 Å². The van der Waals surface area contributed by atoms with E-state index >= 15 is 0 Å². The molecule has 1 N–H and O–H groups in total. The Hall–Kier alpha value is -2.82. The molecule has 5 heteroatoms. The van der Waals surface area contributed by atoms with Crippen LogP contribution in [0.4, 0.5) is 0 Å². The van der Waals surface area contributed by atoms with Gasteiger partial charge in [-0.2, -0.15) is 0 Å². The molecule has 0 amide bonds. The molecule has 5 nitrogen and oxygen atoms in total. The van der Waals surface area contributed by atoms with E-state index in [0.29, 0.717) is 11.3 Å². The van der Waals surface area contributed by atoms with Crippen molar-refractivity contribution in [1.82, 2.24) is 0 Å². The van der Waals surface area contributed by atoms with Crippen molar-refractivity contribution in [3.63, 3.8) is 0 Å². The summed E-state index contributed by atoms with van der Waals surface area (Å²) in [4.78, 5) is 24.1. The molecule has 0 spiro atoms. The molecule has 0 aliphatic rings. The minimum Gasteiger partial charge on any atom is -0.508 e.